The maximum Gasteiger partial charge on any atom is 0.291 e. The molecule has 148 valence electrons. The average Bonchev–Trinajstić information content (AvgIpc) is 3.46. The van der Waals surface area contributed by atoms with Crippen molar-refractivity contribution in [2.24, 2.45) is 0 Å². The second-order valence-corrected chi connectivity index (χ2v) is 8.02. The summed E-state index contributed by atoms with van der Waals surface area (Å²) in [6.07, 6.45) is 1.56. The molecule has 0 aliphatic heterocycles. The summed E-state index contributed by atoms with van der Waals surface area (Å²) in [5, 5.41) is 16.6. The number of benzene rings is 2. The molecule has 7 nitrogen and oxygen atoms in total. The zero-order chi connectivity index (χ0) is 20.7. The Balaban J connectivity index is 1.40. The van der Waals surface area contributed by atoms with Crippen molar-refractivity contribution in [2.45, 2.75) is 6.92 Å². The molecule has 0 spiro atoms. The number of furan rings is 1. The van der Waals surface area contributed by atoms with Crippen LogP contribution in [0.5, 0.6) is 0 Å². The lowest BCUT2D eigenvalue weighted by molar-refractivity contribution is 0.0997. The molecule has 5 rings (SSSR count). The molecule has 9 heteroatoms. The van der Waals surface area contributed by atoms with E-state index in [4.69, 9.17) is 16.0 Å². The Morgan fingerprint density at radius 1 is 1.13 bits per heavy atom. The fraction of sp³-hybridized carbons (Fsp3) is 0.0476. The van der Waals surface area contributed by atoms with Crippen molar-refractivity contribution in [2.75, 3.05) is 5.32 Å². The van der Waals surface area contributed by atoms with Gasteiger partial charge in [0, 0.05) is 21.8 Å². The SMILES string of the molecule is Cc1ccc(-c2nn3cnnc3s2)cc1NC(=O)c1ccc(-c2cccc(Cl)c2)o1. The quantitative estimate of drug-likeness (QED) is 0.412. The molecule has 0 fully saturated rings. The van der Waals surface area contributed by atoms with Crippen LogP contribution in [0, 0.1) is 6.92 Å². The number of carbonyl (C=O) groups is 1. The normalized spacial score (nSPS) is 11.1. The predicted molar refractivity (Wildman–Crippen MR) is 116 cm³/mol. The van der Waals surface area contributed by atoms with Crippen LogP contribution < -0.4 is 5.32 Å². The third-order valence-electron chi connectivity index (χ3n) is 4.56. The number of carbonyl (C=O) groups excluding carboxylic acids is 1. The van der Waals surface area contributed by atoms with Gasteiger partial charge in [-0.1, -0.05) is 47.2 Å². The van der Waals surface area contributed by atoms with E-state index in [1.165, 1.54) is 11.3 Å². The Labute approximate surface area is 179 Å². The van der Waals surface area contributed by atoms with Crippen LogP contribution >= 0.6 is 22.9 Å². The van der Waals surface area contributed by atoms with Gasteiger partial charge in [0.05, 0.1) is 0 Å². The first kappa shape index (κ1) is 18.5. The summed E-state index contributed by atoms with van der Waals surface area (Å²) in [6.45, 7) is 1.93. The van der Waals surface area contributed by atoms with Crippen molar-refractivity contribution in [1.82, 2.24) is 19.8 Å². The van der Waals surface area contributed by atoms with E-state index in [0.717, 1.165) is 21.7 Å². The fourth-order valence-electron chi connectivity index (χ4n) is 3.01. The van der Waals surface area contributed by atoms with Gasteiger partial charge in [0.25, 0.3) is 5.91 Å². The molecule has 0 saturated heterocycles. The second kappa shape index (κ2) is 7.40. The van der Waals surface area contributed by atoms with Gasteiger partial charge in [-0.05, 0) is 42.8 Å². The highest BCUT2D eigenvalue weighted by atomic mass is 35.5. The Bertz CT molecular complexity index is 1360. The minimum atomic E-state index is -0.332. The number of nitrogens with zero attached hydrogens (tertiary/aromatic N) is 4. The highest BCUT2D eigenvalue weighted by molar-refractivity contribution is 7.19. The van der Waals surface area contributed by atoms with Crippen LogP contribution in [-0.4, -0.2) is 25.7 Å². The highest BCUT2D eigenvalue weighted by Gasteiger charge is 2.15. The number of fused-ring (bicyclic) bond motifs is 1. The number of hydrogen-bond acceptors (Lipinski definition) is 6. The minimum absolute atomic E-state index is 0.216. The molecule has 2 aromatic carbocycles. The third kappa shape index (κ3) is 3.47. The van der Waals surface area contributed by atoms with Crippen LogP contribution in [0.4, 0.5) is 5.69 Å². The van der Waals surface area contributed by atoms with E-state index in [-0.39, 0.29) is 11.7 Å². The van der Waals surface area contributed by atoms with E-state index < -0.39 is 0 Å². The summed E-state index contributed by atoms with van der Waals surface area (Å²) in [7, 11) is 0. The number of nitrogens with one attached hydrogen (secondary N) is 1. The van der Waals surface area contributed by atoms with E-state index in [1.54, 1.807) is 35.1 Å². The van der Waals surface area contributed by atoms with Gasteiger partial charge in [0.2, 0.25) is 4.96 Å². The minimum Gasteiger partial charge on any atom is -0.451 e. The summed E-state index contributed by atoms with van der Waals surface area (Å²) in [4.78, 5) is 13.5. The predicted octanol–water partition coefficient (Wildman–Crippen LogP) is 5.33. The first-order valence-electron chi connectivity index (χ1n) is 9.02. The molecule has 0 aliphatic carbocycles. The van der Waals surface area contributed by atoms with Crippen molar-refractivity contribution in [1.29, 1.82) is 0 Å². The number of rotatable bonds is 4. The van der Waals surface area contributed by atoms with Crippen molar-refractivity contribution < 1.29 is 9.21 Å². The lowest BCUT2D eigenvalue weighted by Crippen LogP contribution is -2.11. The van der Waals surface area contributed by atoms with Crippen molar-refractivity contribution in [3.63, 3.8) is 0 Å². The van der Waals surface area contributed by atoms with Crippen molar-refractivity contribution in [3.05, 3.63) is 77.3 Å². The first-order valence-corrected chi connectivity index (χ1v) is 10.2. The number of aryl methyl sites for hydroxylation is 1. The van der Waals surface area contributed by atoms with Crippen molar-refractivity contribution >= 4 is 39.5 Å². The molecule has 0 saturated carbocycles. The smallest absolute Gasteiger partial charge is 0.291 e. The number of aromatic nitrogens is 4. The molecule has 1 N–H and O–H groups in total. The summed E-state index contributed by atoms with van der Waals surface area (Å²) in [6, 6.07) is 16.5. The molecule has 5 aromatic rings. The Morgan fingerprint density at radius 3 is 2.87 bits per heavy atom. The largest absolute Gasteiger partial charge is 0.451 e. The van der Waals surface area contributed by atoms with Gasteiger partial charge in [0.15, 0.2) is 5.76 Å². The Kier molecular flexibility index (Phi) is 4.57. The summed E-state index contributed by atoms with van der Waals surface area (Å²) in [5.41, 5.74) is 3.30. The number of amides is 1. The molecule has 0 atom stereocenters. The maximum absolute atomic E-state index is 12.8. The summed E-state index contributed by atoms with van der Waals surface area (Å²) >= 11 is 7.46. The van der Waals surface area contributed by atoms with E-state index in [9.17, 15) is 4.79 Å². The van der Waals surface area contributed by atoms with Crippen LogP contribution in [-0.2, 0) is 0 Å². The molecular weight excluding hydrogens is 422 g/mol. The van der Waals surface area contributed by atoms with Gasteiger partial charge in [0.1, 0.15) is 17.1 Å². The van der Waals surface area contributed by atoms with Gasteiger partial charge < -0.3 is 9.73 Å². The van der Waals surface area contributed by atoms with E-state index in [1.807, 2.05) is 37.3 Å². The zero-order valence-electron chi connectivity index (χ0n) is 15.7. The Hall–Kier alpha value is -3.49. The first-order chi connectivity index (χ1) is 14.6. The average molecular weight is 436 g/mol. The van der Waals surface area contributed by atoms with Gasteiger partial charge >= 0.3 is 0 Å². The van der Waals surface area contributed by atoms with E-state index >= 15 is 0 Å². The number of anilines is 1. The van der Waals surface area contributed by atoms with Crippen molar-refractivity contribution in [3.8, 4) is 21.9 Å². The number of halogens is 1. The molecule has 3 heterocycles. The fourth-order valence-corrected chi connectivity index (χ4v) is 4.01. The van der Waals surface area contributed by atoms with Crippen LogP contribution in [0.2, 0.25) is 5.02 Å². The van der Waals surface area contributed by atoms with Gasteiger partial charge in [-0.15, -0.1) is 10.2 Å². The second-order valence-electron chi connectivity index (χ2n) is 6.62. The third-order valence-corrected chi connectivity index (χ3v) is 5.76. The summed E-state index contributed by atoms with van der Waals surface area (Å²) in [5.74, 6) is 0.461. The van der Waals surface area contributed by atoms with E-state index in [0.29, 0.717) is 21.4 Å². The molecule has 1 amide bonds. The lowest BCUT2D eigenvalue weighted by Gasteiger charge is -2.08. The Morgan fingerprint density at radius 2 is 2.03 bits per heavy atom. The number of hydrogen-bond donors (Lipinski definition) is 1. The monoisotopic (exact) mass is 435 g/mol. The molecular formula is C21H14ClN5O2S. The molecule has 0 unspecified atom stereocenters. The topological polar surface area (TPSA) is 85.3 Å². The zero-order valence-corrected chi connectivity index (χ0v) is 17.2. The van der Waals surface area contributed by atoms with Crippen LogP contribution in [0.25, 0.3) is 26.9 Å². The van der Waals surface area contributed by atoms with Gasteiger partial charge in [-0.25, -0.2) is 0 Å². The maximum atomic E-state index is 12.8. The molecule has 30 heavy (non-hydrogen) atoms. The summed E-state index contributed by atoms with van der Waals surface area (Å²) < 4.78 is 7.37. The highest BCUT2D eigenvalue weighted by Crippen LogP contribution is 2.30. The molecule has 0 radical (unpaired) electrons. The lowest BCUT2D eigenvalue weighted by atomic mass is 10.1. The molecule has 3 aromatic heterocycles. The van der Waals surface area contributed by atoms with E-state index in [2.05, 4.69) is 20.6 Å². The molecule has 0 aliphatic rings. The molecule has 0 bridgehead atoms. The van der Waals surface area contributed by atoms with Gasteiger partial charge in [-0.3, -0.25) is 4.79 Å². The van der Waals surface area contributed by atoms with Crippen LogP contribution in [0.15, 0.2) is 65.3 Å². The van der Waals surface area contributed by atoms with Crippen LogP contribution in [0.3, 0.4) is 0 Å². The van der Waals surface area contributed by atoms with Gasteiger partial charge in [-0.2, -0.15) is 9.61 Å². The standard InChI is InChI=1S/C21H14ClN5O2S/c1-12-5-6-14(20-26-27-11-23-25-21(27)30-20)10-16(12)24-19(28)18-8-7-17(29-18)13-3-2-4-15(22)9-13/h2-11H,1H3,(H,24,28). The van der Waals surface area contributed by atoms with Crippen LogP contribution in [0.1, 0.15) is 16.1 Å².